The Hall–Kier alpha value is -1.13. The van der Waals surface area contributed by atoms with Crippen molar-refractivity contribution in [2.24, 2.45) is 11.8 Å². The molecule has 82 valence electrons. The van der Waals surface area contributed by atoms with Crippen LogP contribution in [0.5, 0.6) is 0 Å². The van der Waals surface area contributed by atoms with E-state index in [1.165, 1.54) is 12.8 Å². The molecule has 0 amide bonds. The van der Waals surface area contributed by atoms with Gasteiger partial charge in [0.15, 0.2) is 0 Å². The topological polar surface area (TPSA) is 77.0 Å². The van der Waals surface area contributed by atoms with E-state index in [1.807, 2.05) is 12.1 Å². The number of rotatable bonds is 5. The number of nitrogens with two attached hydrogens (primary N) is 2. The van der Waals surface area contributed by atoms with Gasteiger partial charge in [-0.2, -0.15) is 0 Å². The summed E-state index contributed by atoms with van der Waals surface area (Å²) in [4.78, 5) is 4.07. The molecule has 1 aromatic rings. The molecular weight excluding hydrogens is 188 g/mol. The molecule has 1 saturated carbocycles. The van der Waals surface area contributed by atoms with Crippen LogP contribution in [0.25, 0.3) is 0 Å². The summed E-state index contributed by atoms with van der Waals surface area (Å²) in [5.74, 6) is 7.02. The van der Waals surface area contributed by atoms with Crippen molar-refractivity contribution in [2.75, 3.05) is 5.73 Å². The van der Waals surface area contributed by atoms with Gasteiger partial charge >= 0.3 is 0 Å². The zero-order valence-corrected chi connectivity index (χ0v) is 8.82. The molecule has 4 heteroatoms. The Morgan fingerprint density at radius 2 is 2.33 bits per heavy atom. The zero-order valence-electron chi connectivity index (χ0n) is 8.82. The number of anilines is 1. The molecule has 1 atom stereocenters. The maximum atomic E-state index is 5.79. The van der Waals surface area contributed by atoms with Crippen LogP contribution < -0.4 is 17.0 Å². The highest BCUT2D eigenvalue weighted by Crippen LogP contribution is 2.34. The number of hydrogen-bond acceptors (Lipinski definition) is 4. The number of nitrogens with zero attached hydrogens (tertiary/aromatic N) is 1. The van der Waals surface area contributed by atoms with Gasteiger partial charge in [-0.05, 0) is 30.4 Å². The predicted octanol–water partition coefficient (Wildman–Crippen LogP) is 0.838. The Kier molecular flexibility index (Phi) is 3.18. The Balaban J connectivity index is 1.95. The molecule has 5 N–H and O–H groups in total. The van der Waals surface area contributed by atoms with Crippen molar-refractivity contribution in [3.8, 4) is 0 Å². The van der Waals surface area contributed by atoms with Gasteiger partial charge in [-0.3, -0.25) is 11.3 Å². The van der Waals surface area contributed by atoms with Gasteiger partial charge in [0.1, 0.15) is 5.82 Å². The average Bonchev–Trinajstić information content (AvgIpc) is 3.04. The van der Waals surface area contributed by atoms with Gasteiger partial charge in [-0.1, -0.05) is 18.9 Å². The van der Waals surface area contributed by atoms with Gasteiger partial charge in [0.05, 0.1) is 0 Å². The van der Waals surface area contributed by atoms with E-state index in [2.05, 4.69) is 10.4 Å². The van der Waals surface area contributed by atoms with E-state index in [9.17, 15) is 0 Å². The highest BCUT2D eigenvalue weighted by Gasteiger charge is 2.25. The zero-order chi connectivity index (χ0) is 10.7. The summed E-state index contributed by atoms with van der Waals surface area (Å²) in [5, 5.41) is 0. The van der Waals surface area contributed by atoms with Crippen LogP contribution in [0.3, 0.4) is 0 Å². The van der Waals surface area contributed by atoms with Crippen LogP contribution >= 0.6 is 0 Å². The normalized spacial score (nSPS) is 17.7. The largest absolute Gasteiger partial charge is 0.383 e. The molecule has 1 unspecified atom stereocenters. The fraction of sp³-hybridized carbons (Fsp3) is 0.545. The second kappa shape index (κ2) is 4.59. The van der Waals surface area contributed by atoms with Crippen LogP contribution in [-0.4, -0.2) is 11.0 Å². The highest BCUT2D eigenvalue weighted by atomic mass is 15.2. The maximum Gasteiger partial charge on any atom is 0.126 e. The minimum Gasteiger partial charge on any atom is -0.383 e. The summed E-state index contributed by atoms with van der Waals surface area (Å²) in [7, 11) is 0. The Bertz CT molecular complexity index is 322. The van der Waals surface area contributed by atoms with Crippen LogP contribution in [0.1, 0.15) is 24.8 Å². The molecular formula is C11H18N4. The number of nitrogens with one attached hydrogen (secondary N) is 1. The second-order valence-electron chi connectivity index (χ2n) is 4.29. The van der Waals surface area contributed by atoms with Crippen LogP contribution in [0.2, 0.25) is 0 Å². The monoisotopic (exact) mass is 206 g/mol. The number of pyridine rings is 1. The Labute approximate surface area is 90.0 Å². The van der Waals surface area contributed by atoms with E-state index in [-0.39, 0.29) is 0 Å². The van der Waals surface area contributed by atoms with Crippen molar-refractivity contribution < 1.29 is 0 Å². The predicted molar refractivity (Wildman–Crippen MR) is 60.8 cm³/mol. The third-order valence-corrected chi connectivity index (χ3v) is 2.94. The first-order valence-corrected chi connectivity index (χ1v) is 5.45. The third kappa shape index (κ3) is 2.91. The third-order valence-electron chi connectivity index (χ3n) is 2.94. The first kappa shape index (κ1) is 10.4. The summed E-state index contributed by atoms with van der Waals surface area (Å²) in [5.41, 5.74) is 9.74. The van der Waals surface area contributed by atoms with Crippen molar-refractivity contribution >= 4 is 5.82 Å². The molecule has 0 bridgehead atoms. The van der Waals surface area contributed by atoms with E-state index in [0.717, 1.165) is 24.3 Å². The number of nitrogen functional groups attached to an aromatic ring is 1. The minimum absolute atomic E-state index is 0.323. The first-order valence-electron chi connectivity index (χ1n) is 5.45. The van der Waals surface area contributed by atoms with E-state index < -0.39 is 0 Å². The minimum atomic E-state index is 0.323. The fourth-order valence-corrected chi connectivity index (χ4v) is 1.86. The first-order chi connectivity index (χ1) is 7.29. The SMILES string of the molecule is NNC(Cc1cccnc1N)CC1CC1. The molecule has 1 aromatic heterocycles. The summed E-state index contributed by atoms with van der Waals surface area (Å²) >= 11 is 0. The molecule has 0 aromatic carbocycles. The lowest BCUT2D eigenvalue weighted by molar-refractivity contribution is 0.466. The van der Waals surface area contributed by atoms with E-state index in [0.29, 0.717) is 11.9 Å². The van der Waals surface area contributed by atoms with Gasteiger partial charge < -0.3 is 5.73 Å². The summed E-state index contributed by atoms with van der Waals surface area (Å²) in [6.45, 7) is 0. The van der Waals surface area contributed by atoms with Crippen molar-refractivity contribution in [2.45, 2.75) is 31.7 Å². The number of hydrogen-bond donors (Lipinski definition) is 3. The standard InChI is InChI=1S/C11H18N4/c12-11-9(2-1-5-14-11)7-10(15-13)6-8-3-4-8/h1-2,5,8,10,15H,3-4,6-7,13H2,(H2,12,14). The van der Waals surface area contributed by atoms with Crippen molar-refractivity contribution in [1.82, 2.24) is 10.4 Å². The lowest BCUT2D eigenvalue weighted by Crippen LogP contribution is -2.37. The summed E-state index contributed by atoms with van der Waals surface area (Å²) < 4.78 is 0. The lowest BCUT2D eigenvalue weighted by Gasteiger charge is -2.16. The van der Waals surface area contributed by atoms with Crippen LogP contribution in [0.4, 0.5) is 5.82 Å². The molecule has 0 saturated heterocycles. The molecule has 1 fully saturated rings. The molecule has 15 heavy (non-hydrogen) atoms. The maximum absolute atomic E-state index is 5.79. The quantitative estimate of drug-likeness (QED) is 0.493. The summed E-state index contributed by atoms with van der Waals surface area (Å²) in [6.07, 6.45) is 6.42. The molecule has 0 radical (unpaired) electrons. The smallest absolute Gasteiger partial charge is 0.126 e. The van der Waals surface area contributed by atoms with Gasteiger partial charge in [0, 0.05) is 12.2 Å². The van der Waals surface area contributed by atoms with E-state index in [4.69, 9.17) is 11.6 Å². The van der Waals surface area contributed by atoms with Gasteiger partial charge in [-0.25, -0.2) is 4.98 Å². The Morgan fingerprint density at radius 3 is 2.93 bits per heavy atom. The van der Waals surface area contributed by atoms with Crippen molar-refractivity contribution in [1.29, 1.82) is 0 Å². The molecule has 2 rings (SSSR count). The molecule has 0 aliphatic heterocycles. The van der Waals surface area contributed by atoms with Gasteiger partial charge in [0.2, 0.25) is 0 Å². The molecule has 1 aliphatic rings. The van der Waals surface area contributed by atoms with Crippen LogP contribution in [-0.2, 0) is 6.42 Å². The Morgan fingerprint density at radius 1 is 1.53 bits per heavy atom. The van der Waals surface area contributed by atoms with Crippen molar-refractivity contribution in [3.63, 3.8) is 0 Å². The van der Waals surface area contributed by atoms with Crippen LogP contribution in [0.15, 0.2) is 18.3 Å². The van der Waals surface area contributed by atoms with Gasteiger partial charge in [0.25, 0.3) is 0 Å². The molecule has 1 aliphatic carbocycles. The highest BCUT2D eigenvalue weighted by molar-refractivity contribution is 5.38. The van der Waals surface area contributed by atoms with Gasteiger partial charge in [-0.15, -0.1) is 0 Å². The number of hydrazine groups is 1. The molecule has 0 spiro atoms. The fourth-order valence-electron chi connectivity index (χ4n) is 1.86. The number of aromatic nitrogens is 1. The molecule has 1 heterocycles. The molecule has 4 nitrogen and oxygen atoms in total. The average molecular weight is 206 g/mol. The lowest BCUT2D eigenvalue weighted by atomic mass is 10.0. The van der Waals surface area contributed by atoms with Crippen LogP contribution in [0, 0.1) is 5.92 Å². The van der Waals surface area contributed by atoms with E-state index in [1.54, 1.807) is 6.20 Å². The van der Waals surface area contributed by atoms with Crippen molar-refractivity contribution in [3.05, 3.63) is 23.9 Å². The van der Waals surface area contributed by atoms with E-state index >= 15 is 0 Å². The summed E-state index contributed by atoms with van der Waals surface area (Å²) in [6, 6.07) is 4.25. The second-order valence-corrected chi connectivity index (χ2v) is 4.29.